The number of nitrogens with two attached hydrogens (primary N) is 2. The minimum absolute atomic E-state index is 0.124. The van der Waals surface area contributed by atoms with Crippen molar-refractivity contribution in [1.82, 2.24) is 9.03 Å². The number of carboxylic acids is 4. The molecule has 0 heterocycles. The topological polar surface area (TPSA) is 289 Å². The van der Waals surface area contributed by atoms with Crippen molar-refractivity contribution in [2.45, 2.75) is 31.7 Å². The van der Waals surface area contributed by atoms with Gasteiger partial charge in [0, 0.05) is 13.1 Å². The van der Waals surface area contributed by atoms with Crippen LogP contribution in [0.4, 0.5) is 18.9 Å². The minimum atomic E-state index is -5.08. The fourth-order valence-corrected chi connectivity index (χ4v) is 5.08. The Balaban J connectivity index is 0.00000112. The molecule has 0 spiro atoms. The number of carbonyl (C=O) groups excluding carboxylic acids is 1. The second kappa shape index (κ2) is 17.4. The summed E-state index contributed by atoms with van der Waals surface area (Å²) in [7, 11) is -4.64. The van der Waals surface area contributed by atoms with Gasteiger partial charge in [-0.3, -0.25) is 9.59 Å². The van der Waals surface area contributed by atoms with Gasteiger partial charge in [-0.05, 0) is 59.7 Å². The van der Waals surface area contributed by atoms with Gasteiger partial charge in [0.25, 0.3) is 10.2 Å². The third-order valence-electron chi connectivity index (χ3n) is 6.02. The Morgan fingerprint density at radius 2 is 1.44 bits per heavy atom. The Hall–Kier alpha value is -6.06. The summed E-state index contributed by atoms with van der Waals surface area (Å²) in [4.78, 5) is 59.8. The standard InChI is InChI=1S/C27H27N5O10S.C2HF3O2/c28-27(29)31-20-8-6-18(7-9-20)26(39)42-21-10-4-16(5-11-21)14-30-43(40,41)32(22(25(37)38)13-23(33)34)15-17-2-1-3-19(12-17)24(35)36;3-2(4,5)1(6)7/h1-12,22,30H,13-15H2,(H,33,34)(H,35,36)(H,37,38)(H4,28,29,31);(H,6,7). The number of rotatable bonds is 14. The number of carbonyl (C=O) groups is 5. The van der Waals surface area contributed by atoms with Crippen LogP contribution >= 0.6 is 0 Å². The molecule has 0 saturated heterocycles. The second-order valence-electron chi connectivity index (χ2n) is 9.75. The highest BCUT2D eigenvalue weighted by atomic mass is 32.2. The van der Waals surface area contributed by atoms with Gasteiger partial charge in [-0.25, -0.2) is 19.4 Å². The summed E-state index contributed by atoms with van der Waals surface area (Å²) in [5, 5.41) is 35.2. The maximum atomic E-state index is 13.3. The van der Waals surface area contributed by atoms with Crippen molar-refractivity contribution in [2.75, 3.05) is 0 Å². The van der Waals surface area contributed by atoms with Crippen molar-refractivity contribution in [1.29, 1.82) is 0 Å². The van der Waals surface area contributed by atoms with E-state index in [0.717, 1.165) is 6.07 Å². The second-order valence-corrected chi connectivity index (χ2v) is 11.5. The molecule has 1 unspecified atom stereocenters. The first-order valence-electron chi connectivity index (χ1n) is 13.5. The number of hydrogen-bond donors (Lipinski definition) is 7. The number of benzene rings is 3. The van der Waals surface area contributed by atoms with Gasteiger partial charge in [-0.15, -0.1) is 0 Å². The van der Waals surface area contributed by atoms with E-state index in [1.165, 1.54) is 66.7 Å². The van der Waals surface area contributed by atoms with E-state index in [1.54, 1.807) is 0 Å². The molecule has 0 aliphatic rings. The minimum Gasteiger partial charge on any atom is -0.481 e. The summed E-state index contributed by atoms with van der Waals surface area (Å²) >= 11 is 0. The number of halogens is 3. The van der Waals surface area contributed by atoms with Gasteiger partial charge in [0.05, 0.1) is 23.2 Å². The monoisotopic (exact) mass is 727 g/mol. The van der Waals surface area contributed by atoms with Crippen LogP contribution in [0.15, 0.2) is 77.8 Å². The molecule has 0 radical (unpaired) electrons. The molecule has 17 nitrogen and oxygen atoms in total. The van der Waals surface area contributed by atoms with Crippen LogP contribution in [0.1, 0.15) is 38.3 Å². The van der Waals surface area contributed by atoms with E-state index in [2.05, 4.69) is 9.71 Å². The van der Waals surface area contributed by atoms with Crippen LogP contribution in [0, 0.1) is 0 Å². The van der Waals surface area contributed by atoms with Crippen LogP contribution in [0.2, 0.25) is 0 Å². The fraction of sp³-hybridized carbons (Fsp3) is 0.172. The van der Waals surface area contributed by atoms with E-state index < -0.39 is 65.2 Å². The van der Waals surface area contributed by atoms with E-state index in [4.69, 9.17) is 26.1 Å². The maximum Gasteiger partial charge on any atom is 0.490 e. The molecule has 3 rings (SSSR count). The number of carboxylic acid groups (broad SMARTS) is 4. The first kappa shape index (κ1) is 40.1. The van der Waals surface area contributed by atoms with Crippen molar-refractivity contribution in [2.24, 2.45) is 16.5 Å². The van der Waals surface area contributed by atoms with E-state index in [-0.39, 0.29) is 34.9 Å². The van der Waals surface area contributed by atoms with E-state index >= 15 is 0 Å². The van der Waals surface area contributed by atoms with Crippen molar-refractivity contribution in [3.05, 3.63) is 95.1 Å². The highest BCUT2D eigenvalue weighted by molar-refractivity contribution is 7.87. The smallest absolute Gasteiger partial charge is 0.481 e. The van der Waals surface area contributed by atoms with E-state index in [0.29, 0.717) is 15.6 Å². The average Bonchev–Trinajstić information content (AvgIpc) is 3.02. The predicted octanol–water partition coefficient (Wildman–Crippen LogP) is 1.91. The van der Waals surface area contributed by atoms with Crippen LogP contribution in [0.25, 0.3) is 0 Å². The molecule has 3 aromatic carbocycles. The lowest BCUT2D eigenvalue weighted by molar-refractivity contribution is -0.192. The normalized spacial score (nSPS) is 11.8. The van der Waals surface area contributed by atoms with E-state index in [1.807, 2.05) is 0 Å². The number of nitrogens with zero attached hydrogens (tertiary/aromatic N) is 2. The molecule has 0 bridgehead atoms. The van der Waals surface area contributed by atoms with Crippen molar-refractivity contribution >= 4 is 51.7 Å². The molecule has 0 aliphatic carbocycles. The molecule has 0 aliphatic heterocycles. The van der Waals surface area contributed by atoms with Crippen LogP contribution in [0.3, 0.4) is 0 Å². The van der Waals surface area contributed by atoms with Gasteiger partial charge in [0.2, 0.25) is 0 Å². The molecule has 0 amide bonds. The summed E-state index contributed by atoms with van der Waals surface area (Å²) in [6, 6.07) is 14.8. The van der Waals surface area contributed by atoms with Crippen molar-refractivity contribution in [3.63, 3.8) is 0 Å². The molecular weight excluding hydrogens is 699 g/mol. The number of alkyl halides is 3. The Bertz CT molecular complexity index is 1850. The van der Waals surface area contributed by atoms with Gasteiger partial charge in [-0.1, -0.05) is 24.3 Å². The first-order chi connectivity index (χ1) is 23.2. The van der Waals surface area contributed by atoms with Crippen LogP contribution in [-0.4, -0.2) is 81.2 Å². The molecule has 1 atom stereocenters. The van der Waals surface area contributed by atoms with Gasteiger partial charge in [0.15, 0.2) is 5.96 Å². The van der Waals surface area contributed by atoms with Crippen LogP contribution in [-0.2, 0) is 37.7 Å². The Labute approximate surface area is 280 Å². The maximum absolute atomic E-state index is 13.3. The highest BCUT2D eigenvalue weighted by Crippen LogP contribution is 2.20. The largest absolute Gasteiger partial charge is 0.490 e. The third kappa shape index (κ3) is 12.9. The number of aliphatic imine (C=N–C) groups is 1. The zero-order valence-corrected chi connectivity index (χ0v) is 26.1. The molecule has 0 aromatic heterocycles. The summed E-state index contributed by atoms with van der Waals surface area (Å²) in [6.07, 6.45) is -6.13. The fourth-order valence-electron chi connectivity index (χ4n) is 3.74. The quantitative estimate of drug-likeness (QED) is 0.0540. The van der Waals surface area contributed by atoms with Gasteiger partial charge in [0.1, 0.15) is 11.8 Å². The highest BCUT2D eigenvalue weighted by Gasteiger charge is 2.38. The number of aromatic carboxylic acids is 1. The number of hydrogen-bond acceptors (Lipinski definition) is 9. The van der Waals surface area contributed by atoms with Crippen molar-refractivity contribution < 1.29 is 70.7 Å². The molecule has 21 heteroatoms. The zero-order chi connectivity index (χ0) is 37.8. The number of esters is 1. The lowest BCUT2D eigenvalue weighted by Gasteiger charge is -2.27. The molecule has 0 fully saturated rings. The Kier molecular flexibility index (Phi) is 13.9. The average molecular weight is 728 g/mol. The summed E-state index contributed by atoms with van der Waals surface area (Å²) in [5.41, 5.74) is 11.6. The predicted molar refractivity (Wildman–Crippen MR) is 165 cm³/mol. The van der Waals surface area contributed by atoms with E-state index in [9.17, 15) is 56.1 Å². The van der Waals surface area contributed by atoms with Crippen molar-refractivity contribution in [3.8, 4) is 5.75 Å². The molecule has 3 aromatic rings. The summed E-state index contributed by atoms with van der Waals surface area (Å²) < 4.78 is 66.2. The molecule has 50 heavy (non-hydrogen) atoms. The zero-order valence-electron chi connectivity index (χ0n) is 25.3. The summed E-state index contributed by atoms with van der Waals surface area (Å²) in [6.45, 7) is -0.962. The summed E-state index contributed by atoms with van der Waals surface area (Å²) in [5.74, 6) is -7.97. The number of aliphatic carboxylic acids is 3. The van der Waals surface area contributed by atoms with Crippen LogP contribution in [0.5, 0.6) is 5.75 Å². The number of ether oxygens (including phenoxy) is 1. The van der Waals surface area contributed by atoms with Crippen LogP contribution < -0.4 is 20.9 Å². The molecule has 268 valence electrons. The lowest BCUT2D eigenvalue weighted by atomic mass is 10.1. The number of guanidine groups is 1. The van der Waals surface area contributed by atoms with Gasteiger partial charge < -0.3 is 36.6 Å². The molecular formula is C29H28F3N5O12S. The lowest BCUT2D eigenvalue weighted by Crippen LogP contribution is -2.50. The van der Waals surface area contributed by atoms with Gasteiger partial charge >= 0.3 is 36.0 Å². The van der Waals surface area contributed by atoms with Gasteiger partial charge in [-0.2, -0.15) is 30.6 Å². The molecule has 9 N–H and O–H groups in total. The molecule has 0 saturated carbocycles. The first-order valence-corrected chi connectivity index (χ1v) is 15.0. The third-order valence-corrected chi connectivity index (χ3v) is 7.53. The number of nitrogens with one attached hydrogen (secondary N) is 1. The Morgan fingerprint density at radius 1 is 0.860 bits per heavy atom. The Morgan fingerprint density at radius 3 is 1.92 bits per heavy atom. The SMILES string of the molecule is NC(N)=Nc1ccc(C(=O)Oc2ccc(CNS(=O)(=O)N(Cc3cccc(C(=O)O)c3)C(CC(=O)O)C(=O)O)cc2)cc1.O=C(O)C(F)(F)F.